The first-order valence-electron chi connectivity index (χ1n) is 6.50. The molecular formula is C16H18BrNO2S. The number of thioether (sulfide) groups is 1. The molecule has 2 aromatic carbocycles. The lowest BCUT2D eigenvalue weighted by Gasteiger charge is -2.15. The van der Waals surface area contributed by atoms with E-state index in [4.69, 9.17) is 15.2 Å². The van der Waals surface area contributed by atoms with Gasteiger partial charge in [-0.2, -0.15) is 0 Å². The van der Waals surface area contributed by atoms with Crippen molar-refractivity contribution in [3.8, 4) is 11.5 Å². The number of rotatable bonds is 6. The second-order valence-corrected chi connectivity index (χ2v) is 6.41. The summed E-state index contributed by atoms with van der Waals surface area (Å²) < 4.78 is 11.6. The van der Waals surface area contributed by atoms with Crippen molar-refractivity contribution in [2.24, 2.45) is 5.73 Å². The quantitative estimate of drug-likeness (QED) is 0.774. The molecule has 3 nitrogen and oxygen atoms in total. The molecule has 0 aliphatic rings. The summed E-state index contributed by atoms with van der Waals surface area (Å²) in [5, 5.41) is 0. The molecule has 0 aromatic heterocycles. The molecule has 112 valence electrons. The first kappa shape index (κ1) is 16.2. The fourth-order valence-electron chi connectivity index (χ4n) is 1.88. The summed E-state index contributed by atoms with van der Waals surface area (Å²) in [6, 6.07) is 13.8. The smallest absolute Gasteiger partial charge is 0.122 e. The second-order valence-electron chi connectivity index (χ2n) is 4.49. The Balaban J connectivity index is 2.09. The van der Waals surface area contributed by atoms with Gasteiger partial charge in [0.05, 0.1) is 14.2 Å². The van der Waals surface area contributed by atoms with E-state index in [-0.39, 0.29) is 6.04 Å². The van der Waals surface area contributed by atoms with Crippen LogP contribution in [0, 0.1) is 0 Å². The van der Waals surface area contributed by atoms with Gasteiger partial charge in [0.15, 0.2) is 0 Å². The highest BCUT2D eigenvalue weighted by Crippen LogP contribution is 2.32. The van der Waals surface area contributed by atoms with Crippen LogP contribution in [0.15, 0.2) is 51.8 Å². The Kier molecular flexibility index (Phi) is 5.96. The number of ether oxygens (including phenoxy) is 2. The normalized spacial score (nSPS) is 12.0. The van der Waals surface area contributed by atoms with Crippen molar-refractivity contribution in [1.82, 2.24) is 0 Å². The average Bonchev–Trinajstić information content (AvgIpc) is 2.53. The molecule has 1 atom stereocenters. The van der Waals surface area contributed by atoms with Gasteiger partial charge in [0.2, 0.25) is 0 Å². The Hall–Kier alpha value is -1.17. The molecule has 2 aromatic rings. The Bertz CT molecular complexity index is 584. The van der Waals surface area contributed by atoms with Gasteiger partial charge in [-0.25, -0.2) is 0 Å². The monoisotopic (exact) mass is 367 g/mol. The van der Waals surface area contributed by atoms with E-state index in [2.05, 4.69) is 22.0 Å². The van der Waals surface area contributed by atoms with Gasteiger partial charge >= 0.3 is 0 Å². The minimum absolute atomic E-state index is 0.0916. The minimum atomic E-state index is -0.0916. The highest BCUT2D eigenvalue weighted by atomic mass is 79.9. The van der Waals surface area contributed by atoms with Crippen LogP contribution >= 0.6 is 27.7 Å². The van der Waals surface area contributed by atoms with Gasteiger partial charge < -0.3 is 15.2 Å². The van der Waals surface area contributed by atoms with E-state index in [0.717, 1.165) is 27.3 Å². The molecule has 2 rings (SSSR count). The van der Waals surface area contributed by atoms with Crippen molar-refractivity contribution in [2.75, 3.05) is 20.0 Å². The van der Waals surface area contributed by atoms with E-state index in [1.807, 2.05) is 36.4 Å². The summed E-state index contributed by atoms with van der Waals surface area (Å²) in [5.74, 6) is 2.29. The Labute approximate surface area is 138 Å². The Morgan fingerprint density at radius 3 is 2.29 bits per heavy atom. The molecule has 2 N–H and O–H groups in total. The van der Waals surface area contributed by atoms with Crippen LogP contribution < -0.4 is 15.2 Å². The van der Waals surface area contributed by atoms with Crippen LogP contribution in [0.2, 0.25) is 0 Å². The van der Waals surface area contributed by atoms with Crippen LogP contribution in [0.5, 0.6) is 11.5 Å². The number of halogens is 1. The van der Waals surface area contributed by atoms with E-state index in [9.17, 15) is 0 Å². The zero-order valence-corrected chi connectivity index (χ0v) is 14.4. The summed E-state index contributed by atoms with van der Waals surface area (Å²) in [7, 11) is 3.28. The van der Waals surface area contributed by atoms with Gasteiger partial charge in [-0.05, 0) is 45.8 Å². The predicted molar refractivity (Wildman–Crippen MR) is 91.3 cm³/mol. The van der Waals surface area contributed by atoms with Gasteiger partial charge in [0.1, 0.15) is 11.5 Å². The molecule has 0 saturated heterocycles. The third-order valence-corrected chi connectivity index (χ3v) is 5.20. The van der Waals surface area contributed by atoms with Gasteiger partial charge in [-0.1, -0.05) is 12.1 Å². The summed E-state index contributed by atoms with van der Waals surface area (Å²) in [4.78, 5) is 1.18. The molecular weight excluding hydrogens is 350 g/mol. The first-order chi connectivity index (χ1) is 10.1. The standard InChI is InChI=1S/C16H18BrNO2S/c1-19-12-7-11(8-13(9-12)20-2)15(18)10-21-16-6-4-3-5-14(16)17/h3-9,15H,10,18H2,1-2H3. The van der Waals surface area contributed by atoms with Crippen molar-refractivity contribution in [2.45, 2.75) is 10.9 Å². The second kappa shape index (κ2) is 7.73. The number of hydrogen-bond acceptors (Lipinski definition) is 4. The fraction of sp³-hybridized carbons (Fsp3) is 0.250. The maximum atomic E-state index is 6.29. The third-order valence-electron chi connectivity index (χ3n) is 3.06. The van der Waals surface area contributed by atoms with E-state index < -0.39 is 0 Å². The summed E-state index contributed by atoms with van der Waals surface area (Å²) in [6.45, 7) is 0. The van der Waals surface area contributed by atoms with Crippen molar-refractivity contribution >= 4 is 27.7 Å². The zero-order chi connectivity index (χ0) is 15.2. The van der Waals surface area contributed by atoms with Crippen LogP contribution in [0.3, 0.4) is 0 Å². The predicted octanol–water partition coefficient (Wildman–Crippen LogP) is 4.26. The number of hydrogen-bond donors (Lipinski definition) is 1. The van der Waals surface area contributed by atoms with Crippen molar-refractivity contribution in [1.29, 1.82) is 0 Å². The number of benzene rings is 2. The molecule has 0 amide bonds. The van der Waals surface area contributed by atoms with Crippen LogP contribution in [0.25, 0.3) is 0 Å². The van der Waals surface area contributed by atoms with Crippen LogP contribution in [-0.2, 0) is 0 Å². The van der Waals surface area contributed by atoms with Gasteiger partial charge in [0, 0.05) is 27.2 Å². The molecule has 0 heterocycles. The highest BCUT2D eigenvalue weighted by Gasteiger charge is 2.11. The third kappa shape index (κ3) is 4.40. The zero-order valence-electron chi connectivity index (χ0n) is 12.0. The molecule has 0 saturated carbocycles. The van der Waals surface area contributed by atoms with Gasteiger partial charge in [0.25, 0.3) is 0 Å². The molecule has 0 fully saturated rings. The van der Waals surface area contributed by atoms with E-state index in [1.165, 1.54) is 4.90 Å². The number of nitrogens with two attached hydrogens (primary N) is 1. The fourth-order valence-corrected chi connectivity index (χ4v) is 3.44. The lowest BCUT2D eigenvalue weighted by Crippen LogP contribution is -2.13. The van der Waals surface area contributed by atoms with Gasteiger partial charge in [-0.15, -0.1) is 11.8 Å². The van der Waals surface area contributed by atoms with E-state index >= 15 is 0 Å². The summed E-state index contributed by atoms with van der Waals surface area (Å²) >= 11 is 5.27. The van der Waals surface area contributed by atoms with Crippen molar-refractivity contribution in [3.05, 3.63) is 52.5 Å². The first-order valence-corrected chi connectivity index (χ1v) is 8.27. The lowest BCUT2D eigenvalue weighted by atomic mass is 10.1. The Morgan fingerprint density at radius 1 is 1.10 bits per heavy atom. The van der Waals surface area contributed by atoms with E-state index in [1.54, 1.807) is 26.0 Å². The van der Waals surface area contributed by atoms with Crippen molar-refractivity contribution < 1.29 is 9.47 Å². The van der Waals surface area contributed by atoms with Crippen LogP contribution in [0.1, 0.15) is 11.6 Å². The molecule has 1 unspecified atom stereocenters. The molecule has 5 heteroatoms. The SMILES string of the molecule is COc1cc(OC)cc(C(N)CSc2ccccc2Br)c1. The minimum Gasteiger partial charge on any atom is -0.497 e. The van der Waals surface area contributed by atoms with Crippen LogP contribution in [-0.4, -0.2) is 20.0 Å². The maximum absolute atomic E-state index is 6.29. The summed E-state index contributed by atoms with van der Waals surface area (Å²) in [6.07, 6.45) is 0. The Morgan fingerprint density at radius 2 is 1.71 bits per heavy atom. The highest BCUT2D eigenvalue weighted by molar-refractivity contribution is 9.10. The van der Waals surface area contributed by atoms with Crippen LogP contribution in [0.4, 0.5) is 0 Å². The summed E-state index contributed by atoms with van der Waals surface area (Å²) in [5.41, 5.74) is 7.30. The van der Waals surface area contributed by atoms with Gasteiger partial charge in [-0.3, -0.25) is 0 Å². The topological polar surface area (TPSA) is 44.5 Å². The molecule has 0 aliphatic heterocycles. The van der Waals surface area contributed by atoms with E-state index in [0.29, 0.717) is 0 Å². The lowest BCUT2D eigenvalue weighted by molar-refractivity contribution is 0.393. The molecule has 21 heavy (non-hydrogen) atoms. The molecule has 0 aliphatic carbocycles. The largest absolute Gasteiger partial charge is 0.497 e. The molecule has 0 radical (unpaired) electrons. The van der Waals surface area contributed by atoms with Crippen molar-refractivity contribution in [3.63, 3.8) is 0 Å². The molecule has 0 bridgehead atoms. The molecule has 0 spiro atoms. The maximum Gasteiger partial charge on any atom is 0.122 e. The average molecular weight is 368 g/mol. The number of methoxy groups -OCH3 is 2.